The Balaban J connectivity index is 1.92. The minimum atomic E-state index is -0.0567. The van der Waals surface area contributed by atoms with E-state index in [4.69, 9.17) is 18.0 Å². The number of thiocarbonyl (C=S) groups is 1. The lowest BCUT2D eigenvalue weighted by Gasteiger charge is -2.19. The van der Waals surface area contributed by atoms with Crippen molar-refractivity contribution in [3.8, 4) is 5.75 Å². The van der Waals surface area contributed by atoms with Gasteiger partial charge in [-0.15, -0.1) is 0 Å². The molecule has 0 aliphatic heterocycles. The Hall–Kier alpha value is -1.62. The number of carbonyl (C=O) groups is 1. The van der Waals surface area contributed by atoms with Gasteiger partial charge in [-0.3, -0.25) is 4.79 Å². The molecule has 0 heterocycles. The third-order valence-electron chi connectivity index (χ3n) is 3.50. The first-order valence-electron chi connectivity index (χ1n) is 6.43. The standard InChI is InChI=1S/C14H18N2O2S/c15-14(19)11-5-2-6-12(11)16-13(18)8-9-3-1-4-10(17)7-9/h1,3-4,7,11-12,17H,2,5-6,8H2,(H2,15,19)(H,16,18). The third-order valence-corrected chi connectivity index (χ3v) is 3.81. The van der Waals surface area contributed by atoms with Gasteiger partial charge in [-0.25, -0.2) is 0 Å². The molecule has 1 amide bonds. The lowest BCUT2D eigenvalue weighted by molar-refractivity contribution is -0.121. The van der Waals surface area contributed by atoms with E-state index in [-0.39, 0.29) is 30.0 Å². The van der Waals surface area contributed by atoms with E-state index < -0.39 is 0 Å². The summed E-state index contributed by atoms with van der Waals surface area (Å²) >= 11 is 5.03. The van der Waals surface area contributed by atoms with Crippen molar-refractivity contribution in [3.05, 3.63) is 29.8 Å². The summed E-state index contributed by atoms with van der Waals surface area (Å²) in [5.41, 5.74) is 6.48. The number of hydrogen-bond acceptors (Lipinski definition) is 3. The van der Waals surface area contributed by atoms with Gasteiger partial charge < -0.3 is 16.2 Å². The fraction of sp³-hybridized carbons (Fsp3) is 0.429. The van der Waals surface area contributed by atoms with Crippen LogP contribution in [0.1, 0.15) is 24.8 Å². The fourth-order valence-corrected chi connectivity index (χ4v) is 2.87. The largest absolute Gasteiger partial charge is 0.508 e. The van der Waals surface area contributed by atoms with Crippen molar-refractivity contribution in [3.63, 3.8) is 0 Å². The third kappa shape index (κ3) is 3.67. The summed E-state index contributed by atoms with van der Waals surface area (Å²) in [6.07, 6.45) is 3.17. The van der Waals surface area contributed by atoms with Gasteiger partial charge in [0.15, 0.2) is 0 Å². The number of hydrogen-bond donors (Lipinski definition) is 3. The van der Waals surface area contributed by atoms with E-state index in [9.17, 15) is 9.90 Å². The smallest absolute Gasteiger partial charge is 0.224 e. The number of nitrogens with two attached hydrogens (primary N) is 1. The number of rotatable bonds is 4. The molecule has 2 unspecified atom stereocenters. The number of phenolic OH excluding ortho intramolecular Hbond substituents is 1. The van der Waals surface area contributed by atoms with E-state index in [0.29, 0.717) is 4.99 Å². The lowest BCUT2D eigenvalue weighted by Crippen LogP contribution is -2.42. The van der Waals surface area contributed by atoms with Crippen molar-refractivity contribution in [1.29, 1.82) is 0 Å². The Labute approximate surface area is 118 Å². The first kappa shape index (κ1) is 13.8. The molecule has 2 atom stereocenters. The van der Waals surface area contributed by atoms with Crippen LogP contribution in [0.25, 0.3) is 0 Å². The fourth-order valence-electron chi connectivity index (χ4n) is 2.58. The molecule has 4 N–H and O–H groups in total. The van der Waals surface area contributed by atoms with Crippen LogP contribution in [0, 0.1) is 5.92 Å². The highest BCUT2D eigenvalue weighted by Gasteiger charge is 2.30. The average molecular weight is 278 g/mol. The molecular formula is C14H18N2O2S. The van der Waals surface area contributed by atoms with Crippen LogP contribution < -0.4 is 11.1 Å². The summed E-state index contributed by atoms with van der Waals surface area (Å²) in [5, 5.41) is 12.3. The number of amides is 1. The van der Waals surface area contributed by atoms with Crippen molar-refractivity contribution in [2.75, 3.05) is 0 Å². The number of benzene rings is 1. The van der Waals surface area contributed by atoms with Gasteiger partial charge in [-0.1, -0.05) is 30.8 Å². The molecule has 5 heteroatoms. The second kappa shape index (κ2) is 6.02. The van der Waals surface area contributed by atoms with Crippen molar-refractivity contribution < 1.29 is 9.90 Å². The molecule has 1 fully saturated rings. The highest BCUT2D eigenvalue weighted by atomic mass is 32.1. The Kier molecular flexibility index (Phi) is 4.37. The van der Waals surface area contributed by atoms with Crippen LogP contribution >= 0.6 is 12.2 Å². The molecular weight excluding hydrogens is 260 g/mol. The molecule has 0 aromatic heterocycles. The molecule has 4 nitrogen and oxygen atoms in total. The highest BCUT2D eigenvalue weighted by molar-refractivity contribution is 7.80. The quantitative estimate of drug-likeness (QED) is 0.730. The predicted molar refractivity (Wildman–Crippen MR) is 77.9 cm³/mol. The van der Waals surface area contributed by atoms with Crippen LogP contribution in [0.4, 0.5) is 0 Å². The second-order valence-corrected chi connectivity index (χ2v) is 5.43. The molecule has 0 bridgehead atoms. The summed E-state index contributed by atoms with van der Waals surface area (Å²) in [4.78, 5) is 12.5. The molecule has 1 aliphatic rings. The molecule has 102 valence electrons. The summed E-state index contributed by atoms with van der Waals surface area (Å²) in [6.45, 7) is 0. The van der Waals surface area contributed by atoms with Crippen molar-refractivity contribution in [2.45, 2.75) is 31.7 Å². The Morgan fingerprint density at radius 1 is 1.47 bits per heavy atom. The molecule has 1 saturated carbocycles. The normalized spacial score (nSPS) is 22.1. The van der Waals surface area contributed by atoms with Gasteiger partial charge in [0.05, 0.1) is 11.4 Å². The van der Waals surface area contributed by atoms with Crippen LogP contribution in [0.15, 0.2) is 24.3 Å². The van der Waals surface area contributed by atoms with Crippen molar-refractivity contribution in [2.24, 2.45) is 11.7 Å². The maximum atomic E-state index is 12.0. The lowest BCUT2D eigenvalue weighted by atomic mass is 10.0. The maximum Gasteiger partial charge on any atom is 0.224 e. The van der Waals surface area contributed by atoms with Crippen molar-refractivity contribution >= 4 is 23.1 Å². The maximum absolute atomic E-state index is 12.0. The van der Waals surface area contributed by atoms with Gasteiger partial charge >= 0.3 is 0 Å². The van der Waals surface area contributed by atoms with Crippen LogP contribution in [-0.4, -0.2) is 22.0 Å². The average Bonchev–Trinajstić information content (AvgIpc) is 2.76. The number of carbonyl (C=O) groups excluding carboxylic acids is 1. The van der Waals surface area contributed by atoms with E-state index in [1.54, 1.807) is 18.2 Å². The van der Waals surface area contributed by atoms with Crippen molar-refractivity contribution in [1.82, 2.24) is 5.32 Å². The van der Waals surface area contributed by atoms with Gasteiger partial charge in [-0.2, -0.15) is 0 Å². The number of nitrogens with one attached hydrogen (secondary N) is 1. The number of aromatic hydroxyl groups is 1. The zero-order valence-corrected chi connectivity index (χ0v) is 11.5. The van der Waals surface area contributed by atoms with Gasteiger partial charge in [0, 0.05) is 12.0 Å². The number of phenols is 1. The Bertz CT molecular complexity index is 490. The monoisotopic (exact) mass is 278 g/mol. The molecule has 19 heavy (non-hydrogen) atoms. The minimum Gasteiger partial charge on any atom is -0.508 e. The molecule has 1 aromatic carbocycles. The SMILES string of the molecule is NC(=S)C1CCCC1NC(=O)Cc1cccc(O)c1. The van der Waals surface area contributed by atoms with E-state index in [0.717, 1.165) is 24.8 Å². The molecule has 1 aromatic rings. The zero-order valence-electron chi connectivity index (χ0n) is 10.6. The van der Waals surface area contributed by atoms with E-state index in [2.05, 4.69) is 5.32 Å². The summed E-state index contributed by atoms with van der Waals surface area (Å²) < 4.78 is 0. The van der Waals surface area contributed by atoms with E-state index in [1.165, 1.54) is 0 Å². The van der Waals surface area contributed by atoms with Crippen LogP contribution in [-0.2, 0) is 11.2 Å². The van der Waals surface area contributed by atoms with Gasteiger partial charge in [0.1, 0.15) is 5.75 Å². The summed E-state index contributed by atoms with van der Waals surface area (Å²) in [6, 6.07) is 6.78. The van der Waals surface area contributed by atoms with Crippen LogP contribution in [0.5, 0.6) is 5.75 Å². The topological polar surface area (TPSA) is 75.3 Å². The zero-order chi connectivity index (χ0) is 13.8. The van der Waals surface area contributed by atoms with Gasteiger partial charge in [0.25, 0.3) is 0 Å². The first-order chi connectivity index (χ1) is 9.06. The van der Waals surface area contributed by atoms with Gasteiger partial charge in [0.2, 0.25) is 5.91 Å². The molecule has 0 radical (unpaired) electrons. The van der Waals surface area contributed by atoms with E-state index >= 15 is 0 Å². The molecule has 0 spiro atoms. The Morgan fingerprint density at radius 3 is 2.95 bits per heavy atom. The van der Waals surface area contributed by atoms with Crippen LogP contribution in [0.3, 0.4) is 0 Å². The van der Waals surface area contributed by atoms with E-state index in [1.807, 2.05) is 6.07 Å². The minimum absolute atomic E-state index is 0.0567. The summed E-state index contributed by atoms with van der Waals surface area (Å²) in [7, 11) is 0. The molecule has 1 aliphatic carbocycles. The second-order valence-electron chi connectivity index (χ2n) is 4.96. The first-order valence-corrected chi connectivity index (χ1v) is 6.83. The summed E-state index contributed by atoms with van der Waals surface area (Å²) in [5.74, 6) is 0.231. The highest BCUT2D eigenvalue weighted by Crippen LogP contribution is 2.26. The Morgan fingerprint density at radius 2 is 2.26 bits per heavy atom. The van der Waals surface area contributed by atoms with Gasteiger partial charge in [-0.05, 0) is 30.5 Å². The molecule has 0 saturated heterocycles. The van der Waals surface area contributed by atoms with Crippen LogP contribution in [0.2, 0.25) is 0 Å². The predicted octanol–water partition coefficient (Wildman–Crippen LogP) is 1.51. The molecule has 2 rings (SSSR count).